The molecular formula is C14H16N2O4. The van der Waals surface area contributed by atoms with Gasteiger partial charge in [-0.3, -0.25) is 9.59 Å². The van der Waals surface area contributed by atoms with E-state index in [2.05, 4.69) is 10.6 Å². The van der Waals surface area contributed by atoms with E-state index in [1.807, 2.05) is 0 Å². The largest absolute Gasteiger partial charge is 0.452 e. The molecule has 106 valence electrons. The Morgan fingerprint density at radius 2 is 1.85 bits per heavy atom. The lowest BCUT2D eigenvalue weighted by atomic mass is 10.2. The molecule has 2 amide bonds. The van der Waals surface area contributed by atoms with Crippen LogP contribution in [0.2, 0.25) is 0 Å². The lowest BCUT2D eigenvalue weighted by Gasteiger charge is -2.06. The number of anilines is 1. The molecule has 0 bridgehead atoms. The van der Waals surface area contributed by atoms with Gasteiger partial charge in [-0.25, -0.2) is 4.79 Å². The van der Waals surface area contributed by atoms with Crippen LogP contribution in [0.5, 0.6) is 0 Å². The highest BCUT2D eigenvalue weighted by Crippen LogP contribution is 2.18. The van der Waals surface area contributed by atoms with E-state index >= 15 is 0 Å². The van der Waals surface area contributed by atoms with Gasteiger partial charge in [0.15, 0.2) is 6.61 Å². The smallest absolute Gasteiger partial charge is 0.338 e. The molecule has 1 aromatic rings. The second-order valence-corrected chi connectivity index (χ2v) is 4.68. The summed E-state index contributed by atoms with van der Waals surface area (Å²) in [6.07, 6.45) is 1.98. The van der Waals surface area contributed by atoms with Crippen LogP contribution in [0, 0.1) is 0 Å². The number of nitrogens with one attached hydrogen (secondary N) is 2. The number of amides is 2. The van der Waals surface area contributed by atoms with Gasteiger partial charge in [0, 0.05) is 18.7 Å². The summed E-state index contributed by atoms with van der Waals surface area (Å²) in [4.78, 5) is 33.9. The molecule has 6 nitrogen and oxygen atoms in total. The van der Waals surface area contributed by atoms with Crippen LogP contribution in [0.3, 0.4) is 0 Å². The molecule has 1 saturated carbocycles. The van der Waals surface area contributed by atoms with Gasteiger partial charge in [-0.1, -0.05) is 0 Å². The molecule has 0 unspecified atom stereocenters. The first kappa shape index (κ1) is 14.0. The van der Waals surface area contributed by atoms with E-state index in [1.165, 1.54) is 19.1 Å². The second-order valence-electron chi connectivity index (χ2n) is 4.68. The summed E-state index contributed by atoms with van der Waals surface area (Å²) < 4.78 is 4.90. The lowest BCUT2D eigenvalue weighted by molar-refractivity contribution is -0.124. The van der Waals surface area contributed by atoms with E-state index < -0.39 is 5.97 Å². The average molecular weight is 276 g/mol. The van der Waals surface area contributed by atoms with E-state index in [4.69, 9.17) is 4.74 Å². The highest BCUT2D eigenvalue weighted by molar-refractivity contribution is 5.93. The minimum absolute atomic E-state index is 0.183. The lowest BCUT2D eigenvalue weighted by Crippen LogP contribution is -2.30. The van der Waals surface area contributed by atoms with Gasteiger partial charge in [0.1, 0.15) is 0 Å². The number of ether oxygens (including phenoxy) is 1. The first-order chi connectivity index (χ1) is 9.54. The number of carbonyl (C=O) groups excluding carboxylic acids is 3. The van der Waals surface area contributed by atoms with Gasteiger partial charge in [-0.2, -0.15) is 0 Å². The molecule has 1 aliphatic carbocycles. The van der Waals surface area contributed by atoms with E-state index in [1.54, 1.807) is 12.1 Å². The number of hydrogen-bond donors (Lipinski definition) is 2. The van der Waals surface area contributed by atoms with Crippen molar-refractivity contribution in [3.05, 3.63) is 29.8 Å². The standard InChI is InChI=1S/C14H16N2O4/c1-9(17)15-11-4-2-10(3-5-11)14(19)20-8-13(18)16-12-6-7-12/h2-5,12H,6-8H2,1H3,(H,15,17)(H,16,18). The van der Waals surface area contributed by atoms with Crippen LogP contribution in [-0.2, 0) is 14.3 Å². The van der Waals surface area contributed by atoms with Crippen LogP contribution in [0.25, 0.3) is 0 Å². The maximum absolute atomic E-state index is 11.7. The van der Waals surface area contributed by atoms with Crippen molar-refractivity contribution in [1.82, 2.24) is 5.32 Å². The first-order valence-corrected chi connectivity index (χ1v) is 6.39. The molecule has 0 saturated heterocycles. The molecule has 0 heterocycles. The topological polar surface area (TPSA) is 84.5 Å². The minimum atomic E-state index is -0.565. The van der Waals surface area contributed by atoms with Crippen molar-refractivity contribution in [1.29, 1.82) is 0 Å². The van der Waals surface area contributed by atoms with Crippen molar-refractivity contribution in [2.24, 2.45) is 0 Å². The quantitative estimate of drug-likeness (QED) is 0.788. The van der Waals surface area contributed by atoms with Crippen LogP contribution in [0.1, 0.15) is 30.1 Å². The SMILES string of the molecule is CC(=O)Nc1ccc(C(=O)OCC(=O)NC2CC2)cc1. The van der Waals surface area contributed by atoms with Gasteiger partial charge < -0.3 is 15.4 Å². The molecule has 1 aromatic carbocycles. The molecule has 0 atom stereocenters. The number of rotatable bonds is 5. The summed E-state index contributed by atoms with van der Waals surface area (Å²) in [5.41, 5.74) is 0.929. The maximum Gasteiger partial charge on any atom is 0.338 e. The van der Waals surface area contributed by atoms with Crippen LogP contribution in [-0.4, -0.2) is 30.4 Å². The van der Waals surface area contributed by atoms with Gasteiger partial charge in [0.05, 0.1) is 5.56 Å². The zero-order chi connectivity index (χ0) is 14.5. The molecule has 0 radical (unpaired) electrons. The Labute approximate surface area is 116 Å². The summed E-state index contributed by atoms with van der Waals surface area (Å²) in [5, 5.41) is 5.32. The molecule has 6 heteroatoms. The maximum atomic E-state index is 11.7. The van der Waals surface area contributed by atoms with E-state index in [0.717, 1.165) is 12.8 Å². The van der Waals surface area contributed by atoms with Gasteiger partial charge in [-0.05, 0) is 37.1 Å². The second kappa shape index (κ2) is 6.18. The number of hydrogen-bond acceptors (Lipinski definition) is 4. The predicted molar refractivity (Wildman–Crippen MR) is 72.2 cm³/mol. The molecular weight excluding hydrogens is 260 g/mol. The monoisotopic (exact) mass is 276 g/mol. The van der Waals surface area contributed by atoms with Gasteiger partial charge in [0.25, 0.3) is 5.91 Å². The van der Waals surface area contributed by atoms with E-state index in [-0.39, 0.29) is 24.5 Å². The van der Waals surface area contributed by atoms with Crippen molar-refractivity contribution in [3.63, 3.8) is 0 Å². The summed E-state index contributed by atoms with van der Waals surface area (Å²) in [7, 11) is 0. The minimum Gasteiger partial charge on any atom is -0.452 e. The molecule has 2 N–H and O–H groups in total. The third kappa shape index (κ3) is 4.38. The summed E-state index contributed by atoms with van der Waals surface area (Å²) in [6.45, 7) is 1.13. The normalized spacial score (nSPS) is 13.4. The summed E-state index contributed by atoms with van der Waals surface area (Å²) in [5.74, 6) is -1.03. The fraction of sp³-hybridized carbons (Fsp3) is 0.357. The average Bonchev–Trinajstić information content (AvgIpc) is 3.20. The zero-order valence-corrected chi connectivity index (χ0v) is 11.1. The Bertz CT molecular complexity index is 520. The Balaban J connectivity index is 1.81. The van der Waals surface area contributed by atoms with E-state index in [0.29, 0.717) is 11.3 Å². The van der Waals surface area contributed by atoms with Crippen molar-refractivity contribution >= 4 is 23.5 Å². The van der Waals surface area contributed by atoms with Crippen molar-refractivity contribution in [3.8, 4) is 0 Å². The van der Waals surface area contributed by atoms with Crippen molar-refractivity contribution < 1.29 is 19.1 Å². The predicted octanol–water partition coefficient (Wildman–Crippen LogP) is 1.08. The van der Waals surface area contributed by atoms with Crippen molar-refractivity contribution in [2.45, 2.75) is 25.8 Å². The van der Waals surface area contributed by atoms with Crippen LogP contribution in [0.4, 0.5) is 5.69 Å². The molecule has 0 aliphatic heterocycles. The Kier molecular flexibility index (Phi) is 4.34. The molecule has 1 aliphatic rings. The summed E-state index contributed by atoms with van der Waals surface area (Å²) >= 11 is 0. The zero-order valence-electron chi connectivity index (χ0n) is 11.1. The van der Waals surface area contributed by atoms with Gasteiger partial charge >= 0.3 is 5.97 Å². The third-order valence-electron chi connectivity index (χ3n) is 2.72. The first-order valence-electron chi connectivity index (χ1n) is 6.39. The number of carbonyl (C=O) groups is 3. The molecule has 1 fully saturated rings. The van der Waals surface area contributed by atoms with E-state index in [9.17, 15) is 14.4 Å². The number of benzene rings is 1. The van der Waals surface area contributed by atoms with Gasteiger partial charge in [0.2, 0.25) is 5.91 Å². The highest BCUT2D eigenvalue weighted by atomic mass is 16.5. The van der Waals surface area contributed by atoms with Gasteiger partial charge in [-0.15, -0.1) is 0 Å². The molecule has 2 rings (SSSR count). The highest BCUT2D eigenvalue weighted by Gasteiger charge is 2.23. The fourth-order valence-electron chi connectivity index (χ4n) is 1.60. The Hall–Kier alpha value is -2.37. The summed E-state index contributed by atoms with van der Waals surface area (Å²) in [6, 6.07) is 6.52. The Morgan fingerprint density at radius 1 is 1.20 bits per heavy atom. The molecule has 0 spiro atoms. The van der Waals surface area contributed by atoms with Crippen LogP contribution < -0.4 is 10.6 Å². The fourth-order valence-corrected chi connectivity index (χ4v) is 1.60. The number of esters is 1. The molecule has 0 aromatic heterocycles. The van der Waals surface area contributed by atoms with Crippen LogP contribution >= 0.6 is 0 Å². The van der Waals surface area contributed by atoms with Crippen molar-refractivity contribution in [2.75, 3.05) is 11.9 Å². The molecule has 20 heavy (non-hydrogen) atoms. The Morgan fingerprint density at radius 3 is 2.40 bits per heavy atom. The van der Waals surface area contributed by atoms with Crippen LogP contribution in [0.15, 0.2) is 24.3 Å². The third-order valence-corrected chi connectivity index (χ3v) is 2.72.